The average Bonchev–Trinajstić information content (AvgIpc) is 2.93. The maximum absolute atomic E-state index is 10.0. The van der Waals surface area contributed by atoms with Crippen molar-refractivity contribution < 1.29 is 9.53 Å². The van der Waals surface area contributed by atoms with Crippen LogP contribution in [0.15, 0.2) is 12.2 Å². The van der Waals surface area contributed by atoms with Gasteiger partial charge in [0.05, 0.1) is 6.10 Å². The van der Waals surface area contributed by atoms with E-state index in [0.29, 0.717) is 6.10 Å². The molecule has 0 radical (unpaired) electrons. The molecule has 0 aliphatic carbocycles. The number of ether oxygens (including phenoxy) is 1. The molecule has 0 N–H and O–H groups in total. The zero-order chi connectivity index (χ0) is 10.2. The molecule has 1 rings (SSSR count). The molecular weight excluding hydrogens is 176 g/mol. The zero-order valence-corrected chi connectivity index (χ0v) is 8.95. The van der Waals surface area contributed by atoms with Gasteiger partial charge in [0.1, 0.15) is 12.4 Å². The molecule has 2 heteroatoms. The van der Waals surface area contributed by atoms with Crippen LogP contribution in [0.2, 0.25) is 0 Å². The Morgan fingerprint density at radius 3 is 2.71 bits per heavy atom. The molecule has 1 fully saturated rings. The van der Waals surface area contributed by atoms with Gasteiger partial charge in [-0.1, -0.05) is 45.1 Å². The summed E-state index contributed by atoms with van der Waals surface area (Å²) in [6.07, 6.45) is 12.5. The predicted octanol–water partition coefficient (Wildman–Crippen LogP) is 2.87. The van der Waals surface area contributed by atoms with Crippen LogP contribution in [-0.2, 0) is 9.53 Å². The highest BCUT2D eigenvalue weighted by molar-refractivity contribution is 5.64. The molecule has 0 aromatic heterocycles. The summed E-state index contributed by atoms with van der Waals surface area (Å²) in [5.41, 5.74) is 0. The van der Waals surface area contributed by atoms with E-state index in [-0.39, 0.29) is 6.10 Å². The highest BCUT2D eigenvalue weighted by atomic mass is 16.6. The molecular formula is C12H20O2. The maximum Gasteiger partial charge on any atom is 0.142 e. The fraction of sp³-hybridized carbons (Fsp3) is 0.750. The molecule has 0 aromatic carbocycles. The van der Waals surface area contributed by atoms with Crippen molar-refractivity contribution in [2.75, 3.05) is 0 Å². The van der Waals surface area contributed by atoms with Crippen molar-refractivity contribution >= 4 is 6.29 Å². The van der Waals surface area contributed by atoms with E-state index in [4.69, 9.17) is 4.74 Å². The number of carbonyl (C=O) groups excluding carboxylic acids is 1. The van der Waals surface area contributed by atoms with Gasteiger partial charge in [0.15, 0.2) is 0 Å². The predicted molar refractivity (Wildman–Crippen MR) is 57.2 cm³/mol. The van der Waals surface area contributed by atoms with Crippen LogP contribution in [0, 0.1) is 0 Å². The van der Waals surface area contributed by atoms with Gasteiger partial charge in [-0.25, -0.2) is 0 Å². The molecule has 80 valence electrons. The number of hydrogen-bond donors (Lipinski definition) is 0. The summed E-state index contributed by atoms with van der Waals surface area (Å²) in [6.45, 7) is 2.23. The van der Waals surface area contributed by atoms with Gasteiger partial charge >= 0.3 is 0 Å². The Morgan fingerprint density at radius 1 is 1.21 bits per heavy atom. The first-order chi connectivity index (χ1) is 6.88. The summed E-state index contributed by atoms with van der Waals surface area (Å²) >= 11 is 0. The molecule has 1 heterocycles. The molecule has 0 bridgehead atoms. The second kappa shape index (κ2) is 6.77. The van der Waals surface area contributed by atoms with E-state index in [1.807, 2.05) is 6.08 Å². The lowest BCUT2D eigenvalue weighted by Crippen LogP contribution is -1.91. The molecule has 14 heavy (non-hydrogen) atoms. The standard InChI is InChI=1S/C12H20O2/c1-2-3-4-5-6-8-11-12(14-11)9-7-10-13/h7,9-12H,2-6,8H2,1H3/b9-7+. The van der Waals surface area contributed by atoms with Gasteiger partial charge in [-0.2, -0.15) is 0 Å². The molecule has 0 aromatic rings. The Labute approximate surface area is 86.3 Å². The van der Waals surface area contributed by atoms with Crippen molar-refractivity contribution in [3.8, 4) is 0 Å². The highest BCUT2D eigenvalue weighted by Gasteiger charge is 2.35. The van der Waals surface area contributed by atoms with Crippen molar-refractivity contribution in [2.45, 2.75) is 57.7 Å². The SMILES string of the molecule is CCCCCCCC1OC1/C=C/C=O. The third kappa shape index (κ3) is 4.56. The topological polar surface area (TPSA) is 29.6 Å². The molecule has 1 aliphatic rings. The summed E-state index contributed by atoms with van der Waals surface area (Å²) in [5.74, 6) is 0. The lowest BCUT2D eigenvalue weighted by Gasteiger charge is -1.96. The molecule has 2 unspecified atom stereocenters. The number of epoxide rings is 1. The fourth-order valence-corrected chi connectivity index (χ4v) is 1.66. The molecule has 0 saturated carbocycles. The molecule has 2 atom stereocenters. The smallest absolute Gasteiger partial charge is 0.142 e. The minimum Gasteiger partial charge on any atom is -0.365 e. The van der Waals surface area contributed by atoms with Gasteiger partial charge in [-0.15, -0.1) is 0 Å². The van der Waals surface area contributed by atoms with Gasteiger partial charge in [-0.05, 0) is 12.5 Å². The Kier molecular flexibility index (Phi) is 5.53. The van der Waals surface area contributed by atoms with Crippen molar-refractivity contribution in [3.63, 3.8) is 0 Å². The van der Waals surface area contributed by atoms with Crippen LogP contribution in [0.3, 0.4) is 0 Å². The average molecular weight is 196 g/mol. The first kappa shape index (κ1) is 11.4. The number of aldehydes is 1. The lowest BCUT2D eigenvalue weighted by atomic mass is 10.1. The minimum absolute atomic E-state index is 0.228. The van der Waals surface area contributed by atoms with E-state index < -0.39 is 0 Å². The summed E-state index contributed by atoms with van der Waals surface area (Å²) in [4.78, 5) is 10.0. The summed E-state index contributed by atoms with van der Waals surface area (Å²) < 4.78 is 5.38. The Bertz CT molecular complexity index is 187. The van der Waals surface area contributed by atoms with E-state index in [0.717, 1.165) is 12.7 Å². The second-order valence-corrected chi connectivity index (χ2v) is 3.86. The van der Waals surface area contributed by atoms with E-state index >= 15 is 0 Å². The molecule has 1 saturated heterocycles. The normalized spacial score (nSPS) is 25.5. The van der Waals surface area contributed by atoms with Crippen LogP contribution in [-0.4, -0.2) is 18.5 Å². The first-order valence-corrected chi connectivity index (χ1v) is 5.66. The Hall–Kier alpha value is -0.630. The highest BCUT2D eigenvalue weighted by Crippen LogP contribution is 2.28. The largest absolute Gasteiger partial charge is 0.365 e. The van der Waals surface area contributed by atoms with E-state index in [2.05, 4.69) is 6.92 Å². The van der Waals surface area contributed by atoms with Crippen LogP contribution in [0.25, 0.3) is 0 Å². The van der Waals surface area contributed by atoms with Gasteiger partial charge in [0.2, 0.25) is 0 Å². The monoisotopic (exact) mass is 196 g/mol. The third-order valence-electron chi connectivity index (χ3n) is 2.59. The molecule has 2 nitrogen and oxygen atoms in total. The first-order valence-electron chi connectivity index (χ1n) is 5.66. The number of unbranched alkanes of at least 4 members (excludes halogenated alkanes) is 4. The zero-order valence-electron chi connectivity index (χ0n) is 8.95. The minimum atomic E-state index is 0.228. The van der Waals surface area contributed by atoms with Crippen molar-refractivity contribution in [1.82, 2.24) is 0 Å². The van der Waals surface area contributed by atoms with Gasteiger partial charge in [-0.3, -0.25) is 4.79 Å². The van der Waals surface area contributed by atoms with Crippen LogP contribution in [0.4, 0.5) is 0 Å². The fourth-order valence-electron chi connectivity index (χ4n) is 1.66. The summed E-state index contributed by atoms with van der Waals surface area (Å²) in [7, 11) is 0. The lowest BCUT2D eigenvalue weighted by molar-refractivity contribution is -0.104. The van der Waals surface area contributed by atoms with Gasteiger partial charge in [0, 0.05) is 0 Å². The Balaban J connectivity index is 1.90. The third-order valence-corrected chi connectivity index (χ3v) is 2.59. The molecule has 0 spiro atoms. The van der Waals surface area contributed by atoms with Gasteiger partial charge in [0.25, 0.3) is 0 Å². The number of rotatable bonds is 8. The molecule has 0 amide bonds. The summed E-state index contributed by atoms with van der Waals surface area (Å²) in [5, 5.41) is 0. The number of allylic oxidation sites excluding steroid dienone is 1. The van der Waals surface area contributed by atoms with Crippen LogP contribution >= 0.6 is 0 Å². The van der Waals surface area contributed by atoms with Crippen molar-refractivity contribution in [2.24, 2.45) is 0 Å². The summed E-state index contributed by atoms with van der Waals surface area (Å²) in [6, 6.07) is 0. The second-order valence-electron chi connectivity index (χ2n) is 3.86. The van der Waals surface area contributed by atoms with E-state index in [1.165, 1.54) is 38.2 Å². The quantitative estimate of drug-likeness (QED) is 0.258. The maximum atomic E-state index is 10.0. The van der Waals surface area contributed by atoms with Crippen LogP contribution in [0.1, 0.15) is 45.4 Å². The molecule has 1 aliphatic heterocycles. The van der Waals surface area contributed by atoms with E-state index in [9.17, 15) is 4.79 Å². The van der Waals surface area contributed by atoms with Crippen LogP contribution < -0.4 is 0 Å². The van der Waals surface area contributed by atoms with Gasteiger partial charge < -0.3 is 4.74 Å². The van der Waals surface area contributed by atoms with Crippen molar-refractivity contribution in [1.29, 1.82) is 0 Å². The number of carbonyl (C=O) groups is 1. The van der Waals surface area contributed by atoms with Crippen molar-refractivity contribution in [3.05, 3.63) is 12.2 Å². The number of hydrogen-bond acceptors (Lipinski definition) is 2. The van der Waals surface area contributed by atoms with Crippen LogP contribution in [0.5, 0.6) is 0 Å². The Morgan fingerprint density at radius 2 is 2.00 bits per heavy atom. The van der Waals surface area contributed by atoms with E-state index in [1.54, 1.807) is 0 Å².